The van der Waals surface area contributed by atoms with Crippen LogP contribution in [0, 0.1) is 5.82 Å². The Labute approximate surface area is 143 Å². The molecule has 0 saturated carbocycles. The molecule has 0 aromatic heterocycles. The summed E-state index contributed by atoms with van der Waals surface area (Å²) < 4.78 is 13.0. The van der Waals surface area contributed by atoms with Crippen molar-refractivity contribution < 1.29 is 4.39 Å². The van der Waals surface area contributed by atoms with Crippen LogP contribution in [0.25, 0.3) is 0 Å². The molecule has 2 N–H and O–H groups in total. The van der Waals surface area contributed by atoms with E-state index in [2.05, 4.69) is 34.9 Å². The van der Waals surface area contributed by atoms with Gasteiger partial charge in [-0.1, -0.05) is 25.5 Å². The van der Waals surface area contributed by atoms with Gasteiger partial charge in [0.05, 0.1) is 0 Å². The highest BCUT2D eigenvalue weighted by Crippen LogP contribution is 2.20. The summed E-state index contributed by atoms with van der Waals surface area (Å²) >= 11 is 0. The minimum atomic E-state index is -0.179. The zero-order valence-corrected chi connectivity index (χ0v) is 14.3. The van der Waals surface area contributed by atoms with Gasteiger partial charge in [0.2, 0.25) is 0 Å². The van der Waals surface area contributed by atoms with E-state index < -0.39 is 0 Å². The summed E-state index contributed by atoms with van der Waals surface area (Å²) in [5, 5.41) is 0. The predicted octanol–water partition coefficient (Wildman–Crippen LogP) is 3.68. The highest BCUT2D eigenvalue weighted by Gasteiger charge is 2.17. The summed E-state index contributed by atoms with van der Waals surface area (Å²) in [4.78, 5) is 4.77. The lowest BCUT2D eigenvalue weighted by molar-refractivity contribution is 0.250. The Morgan fingerprint density at radius 2 is 1.71 bits per heavy atom. The van der Waals surface area contributed by atoms with Crippen LogP contribution in [-0.4, -0.2) is 31.1 Å². The van der Waals surface area contributed by atoms with E-state index in [1.54, 1.807) is 0 Å². The minimum absolute atomic E-state index is 0.179. The Morgan fingerprint density at radius 1 is 1.00 bits per heavy atom. The number of hydrogen-bond acceptors (Lipinski definition) is 3. The number of nitrogens with zero attached hydrogens (tertiary/aromatic N) is 2. The van der Waals surface area contributed by atoms with Crippen LogP contribution in [0.4, 0.5) is 15.8 Å². The Kier molecular flexibility index (Phi) is 5.36. The molecule has 1 fully saturated rings. The number of piperazine rings is 1. The zero-order chi connectivity index (χ0) is 16.9. The minimum Gasteiger partial charge on any atom is -0.398 e. The Hall–Kier alpha value is -2.07. The molecule has 3 nitrogen and oxygen atoms in total. The largest absolute Gasteiger partial charge is 0.398 e. The number of hydrogen-bond donors (Lipinski definition) is 1. The number of benzene rings is 2. The Bertz CT molecular complexity index is 661. The summed E-state index contributed by atoms with van der Waals surface area (Å²) in [7, 11) is 0. The van der Waals surface area contributed by atoms with Gasteiger partial charge in [0.25, 0.3) is 0 Å². The maximum Gasteiger partial charge on any atom is 0.123 e. The molecule has 1 heterocycles. The van der Waals surface area contributed by atoms with Crippen LogP contribution < -0.4 is 10.6 Å². The maximum atomic E-state index is 13.0. The standard InChI is InChI=1S/C20H26FN3/c1-2-3-17-5-4-16(14-20(17)22)15-23-10-12-24(13-11-23)19-8-6-18(21)7-9-19/h4-9,14H,2-3,10-13,15,22H2,1H3. The van der Waals surface area contributed by atoms with E-state index in [0.717, 1.165) is 56.9 Å². The maximum absolute atomic E-state index is 13.0. The quantitative estimate of drug-likeness (QED) is 0.850. The third-order valence-corrected chi connectivity index (χ3v) is 4.70. The fraction of sp³-hybridized carbons (Fsp3) is 0.400. The monoisotopic (exact) mass is 327 g/mol. The summed E-state index contributed by atoms with van der Waals surface area (Å²) in [6, 6.07) is 13.3. The van der Waals surface area contributed by atoms with E-state index in [1.165, 1.54) is 23.3 Å². The van der Waals surface area contributed by atoms with Gasteiger partial charge in [0.15, 0.2) is 0 Å². The van der Waals surface area contributed by atoms with Gasteiger partial charge in [0.1, 0.15) is 5.82 Å². The van der Waals surface area contributed by atoms with E-state index in [4.69, 9.17) is 5.73 Å². The molecule has 0 atom stereocenters. The molecule has 3 rings (SSSR count). The summed E-state index contributed by atoms with van der Waals surface area (Å²) in [5.41, 5.74) is 10.7. The lowest BCUT2D eigenvalue weighted by Gasteiger charge is -2.36. The molecular weight excluding hydrogens is 301 g/mol. The molecule has 0 amide bonds. The van der Waals surface area contributed by atoms with Crippen molar-refractivity contribution >= 4 is 11.4 Å². The number of anilines is 2. The molecule has 4 heteroatoms. The van der Waals surface area contributed by atoms with Gasteiger partial charge in [-0.2, -0.15) is 0 Å². The van der Waals surface area contributed by atoms with Crippen LogP contribution in [0.15, 0.2) is 42.5 Å². The van der Waals surface area contributed by atoms with Crippen LogP contribution in [0.1, 0.15) is 24.5 Å². The molecule has 2 aromatic rings. The van der Waals surface area contributed by atoms with E-state index in [1.807, 2.05) is 12.1 Å². The van der Waals surface area contributed by atoms with Gasteiger partial charge in [-0.05, 0) is 47.9 Å². The van der Waals surface area contributed by atoms with E-state index in [-0.39, 0.29) is 5.82 Å². The molecule has 0 bridgehead atoms. The van der Waals surface area contributed by atoms with Gasteiger partial charge in [-0.15, -0.1) is 0 Å². The lowest BCUT2D eigenvalue weighted by Crippen LogP contribution is -2.45. The van der Waals surface area contributed by atoms with Crippen molar-refractivity contribution in [3.63, 3.8) is 0 Å². The fourth-order valence-corrected chi connectivity index (χ4v) is 3.31. The molecule has 2 aromatic carbocycles. The van der Waals surface area contributed by atoms with Gasteiger partial charge in [-0.3, -0.25) is 4.90 Å². The molecule has 1 aliphatic rings. The van der Waals surface area contributed by atoms with E-state index >= 15 is 0 Å². The fourth-order valence-electron chi connectivity index (χ4n) is 3.31. The first-order valence-electron chi connectivity index (χ1n) is 8.76. The first kappa shape index (κ1) is 16.8. The molecule has 128 valence electrons. The van der Waals surface area contributed by atoms with Crippen molar-refractivity contribution in [2.24, 2.45) is 0 Å². The third-order valence-electron chi connectivity index (χ3n) is 4.70. The SMILES string of the molecule is CCCc1ccc(CN2CCN(c3ccc(F)cc3)CC2)cc1N. The number of aryl methyl sites for hydroxylation is 1. The highest BCUT2D eigenvalue weighted by atomic mass is 19.1. The molecular formula is C20H26FN3. The van der Waals surface area contributed by atoms with Gasteiger partial charge in [0, 0.05) is 44.1 Å². The predicted molar refractivity (Wildman–Crippen MR) is 98.7 cm³/mol. The van der Waals surface area contributed by atoms with Crippen molar-refractivity contribution in [3.8, 4) is 0 Å². The van der Waals surface area contributed by atoms with Crippen molar-refractivity contribution in [1.29, 1.82) is 0 Å². The van der Waals surface area contributed by atoms with E-state index in [0.29, 0.717) is 0 Å². The first-order chi connectivity index (χ1) is 11.7. The smallest absolute Gasteiger partial charge is 0.123 e. The van der Waals surface area contributed by atoms with Gasteiger partial charge >= 0.3 is 0 Å². The van der Waals surface area contributed by atoms with Gasteiger partial charge in [-0.25, -0.2) is 4.39 Å². The van der Waals surface area contributed by atoms with Crippen molar-refractivity contribution in [1.82, 2.24) is 4.90 Å². The second kappa shape index (κ2) is 7.67. The van der Waals surface area contributed by atoms with Gasteiger partial charge < -0.3 is 10.6 Å². The van der Waals surface area contributed by atoms with Crippen LogP contribution in [0.3, 0.4) is 0 Å². The molecule has 1 aliphatic heterocycles. The second-order valence-corrected chi connectivity index (χ2v) is 6.52. The van der Waals surface area contributed by atoms with Crippen LogP contribution in [-0.2, 0) is 13.0 Å². The lowest BCUT2D eigenvalue weighted by atomic mass is 10.0. The van der Waals surface area contributed by atoms with Crippen molar-refractivity contribution in [2.75, 3.05) is 36.8 Å². The van der Waals surface area contributed by atoms with E-state index in [9.17, 15) is 4.39 Å². The first-order valence-corrected chi connectivity index (χ1v) is 8.76. The Morgan fingerprint density at radius 3 is 2.33 bits per heavy atom. The Balaban J connectivity index is 1.55. The average Bonchev–Trinajstić information content (AvgIpc) is 2.59. The highest BCUT2D eigenvalue weighted by molar-refractivity contribution is 5.49. The number of nitrogens with two attached hydrogens (primary N) is 1. The molecule has 0 spiro atoms. The average molecular weight is 327 g/mol. The molecule has 0 unspecified atom stereocenters. The normalized spacial score (nSPS) is 15.7. The number of halogens is 1. The van der Waals surface area contributed by atoms with Crippen LogP contribution >= 0.6 is 0 Å². The second-order valence-electron chi connectivity index (χ2n) is 6.52. The molecule has 24 heavy (non-hydrogen) atoms. The molecule has 0 aliphatic carbocycles. The third kappa shape index (κ3) is 4.06. The topological polar surface area (TPSA) is 32.5 Å². The summed E-state index contributed by atoms with van der Waals surface area (Å²) in [6.07, 6.45) is 2.16. The van der Waals surface area contributed by atoms with Crippen molar-refractivity contribution in [2.45, 2.75) is 26.3 Å². The molecule has 1 saturated heterocycles. The van der Waals surface area contributed by atoms with Crippen molar-refractivity contribution in [3.05, 3.63) is 59.4 Å². The number of rotatable bonds is 5. The number of nitrogen functional groups attached to an aromatic ring is 1. The summed E-state index contributed by atoms with van der Waals surface area (Å²) in [5.74, 6) is -0.179. The molecule has 0 radical (unpaired) electrons. The van der Waals surface area contributed by atoms with Crippen LogP contribution in [0.5, 0.6) is 0 Å². The zero-order valence-electron chi connectivity index (χ0n) is 14.3. The van der Waals surface area contributed by atoms with Crippen LogP contribution in [0.2, 0.25) is 0 Å². The summed E-state index contributed by atoms with van der Waals surface area (Å²) in [6.45, 7) is 7.06.